The first-order chi connectivity index (χ1) is 9.45. The molecule has 108 valence electrons. The van der Waals surface area contributed by atoms with Gasteiger partial charge >= 0.3 is 0 Å². The lowest BCUT2D eigenvalue weighted by atomic mass is 9.59. The van der Waals surface area contributed by atoms with Crippen LogP contribution in [0.3, 0.4) is 0 Å². The van der Waals surface area contributed by atoms with Crippen molar-refractivity contribution in [1.82, 2.24) is 0 Å². The molecular weight excluding hydrogens is 248 g/mol. The third-order valence-corrected chi connectivity index (χ3v) is 5.42. The van der Waals surface area contributed by atoms with Crippen molar-refractivity contribution in [2.45, 2.75) is 52.4 Å². The maximum Gasteiger partial charge on any atom is 0.142 e. The molecular formula is C18H24O2. The van der Waals surface area contributed by atoms with Crippen LogP contribution in [0.1, 0.15) is 57.1 Å². The first-order valence-corrected chi connectivity index (χ1v) is 7.81. The Morgan fingerprint density at radius 1 is 1.35 bits per heavy atom. The van der Waals surface area contributed by atoms with Gasteiger partial charge in [-0.15, -0.1) is 0 Å². The molecule has 2 aliphatic rings. The molecule has 0 aromatic heterocycles. The normalized spacial score (nSPS) is 30.9. The van der Waals surface area contributed by atoms with Crippen LogP contribution in [0.2, 0.25) is 0 Å². The number of fused-ring (bicyclic) bond motifs is 3. The number of carbonyl (C=O) groups is 1. The zero-order valence-corrected chi connectivity index (χ0v) is 12.6. The van der Waals surface area contributed by atoms with Gasteiger partial charge in [-0.3, -0.25) is 4.79 Å². The van der Waals surface area contributed by atoms with Crippen LogP contribution < -0.4 is 0 Å². The number of hydrogen-bond donors (Lipinski definition) is 1. The van der Waals surface area contributed by atoms with E-state index in [-0.39, 0.29) is 11.3 Å². The number of Topliss-reactive ketones (excluding diaryl/α,β-unsaturated/α-hetero) is 1. The Labute approximate surface area is 121 Å². The maximum absolute atomic E-state index is 12.8. The van der Waals surface area contributed by atoms with Crippen LogP contribution in [0.15, 0.2) is 18.2 Å². The lowest BCUT2D eigenvalue weighted by molar-refractivity contribution is -0.137. The lowest BCUT2D eigenvalue weighted by Crippen LogP contribution is -2.44. The minimum Gasteiger partial charge on any atom is -0.508 e. The summed E-state index contributed by atoms with van der Waals surface area (Å²) in [4.78, 5) is 12.8. The molecule has 1 aromatic carbocycles. The Kier molecular flexibility index (Phi) is 3.15. The third kappa shape index (κ3) is 1.88. The topological polar surface area (TPSA) is 37.3 Å². The van der Waals surface area contributed by atoms with E-state index in [1.165, 1.54) is 11.1 Å². The molecule has 0 radical (unpaired) electrons. The number of carbonyl (C=O) groups excluding carboxylic acids is 1. The van der Waals surface area contributed by atoms with E-state index >= 15 is 0 Å². The lowest BCUT2D eigenvalue weighted by Gasteiger charge is -2.43. The number of phenolic OH excluding ortho intramolecular Hbond substituents is 1. The molecule has 0 spiro atoms. The summed E-state index contributed by atoms with van der Waals surface area (Å²) in [5.41, 5.74) is 2.27. The molecule has 1 aromatic rings. The van der Waals surface area contributed by atoms with Crippen molar-refractivity contribution in [2.24, 2.45) is 17.3 Å². The van der Waals surface area contributed by atoms with Gasteiger partial charge in [-0.05, 0) is 54.4 Å². The molecule has 0 bridgehead atoms. The summed E-state index contributed by atoms with van der Waals surface area (Å²) in [6, 6.07) is 5.69. The molecule has 0 heterocycles. The van der Waals surface area contributed by atoms with E-state index in [2.05, 4.69) is 20.8 Å². The summed E-state index contributed by atoms with van der Waals surface area (Å²) >= 11 is 0. The van der Waals surface area contributed by atoms with Crippen molar-refractivity contribution in [1.29, 1.82) is 0 Å². The Bertz CT molecular complexity index is 544. The highest BCUT2D eigenvalue weighted by Crippen LogP contribution is 2.56. The van der Waals surface area contributed by atoms with Gasteiger partial charge in [0.2, 0.25) is 0 Å². The molecule has 20 heavy (non-hydrogen) atoms. The molecule has 3 atom stereocenters. The van der Waals surface area contributed by atoms with Crippen LogP contribution in [0.5, 0.6) is 5.75 Å². The smallest absolute Gasteiger partial charge is 0.142 e. The van der Waals surface area contributed by atoms with Gasteiger partial charge in [0.1, 0.15) is 11.5 Å². The maximum atomic E-state index is 12.8. The van der Waals surface area contributed by atoms with Gasteiger partial charge in [0.05, 0.1) is 0 Å². The third-order valence-electron chi connectivity index (χ3n) is 5.42. The molecule has 2 aliphatic carbocycles. The number of aromatic hydroxyl groups is 1. The van der Waals surface area contributed by atoms with E-state index in [1.807, 2.05) is 12.1 Å². The molecule has 1 N–H and O–H groups in total. The van der Waals surface area contributed by atoms with E-state index < -0.39 is 0 Å². The van der Waals surface area contributed by atoms with Crippen LogP contribution in [-0.4, -0.2) is 10.9 Å². The Balaban J connectivity index is 2.00. The summed E-state index contributed by atoms with van der Waals surface area (Å²) in [6.45, 7) is 6.40. The van der Waals surface area contributed by atoms with Gasteiger partial charge in [0, 0.05) is 11.3 Å². The molecule has 1 saturated carbocycles. The number of benzene rings is 1. The molecule has 2 heteroatoms. The Morgan fingerprint density at radius 2 is 2.10 bits per heavy atom. The van der Waals surface area contributed by atoms with Crippen molar-refractivity contribution in [2.75, 3.05) is 0 Å². The van der Waals surface area contributed by atoms with Crippen molar-refractivity contribution in [3.8, 4) is 5.75 Å². The number of ketones is 1. The van der Waals surface area contributed by atoms with Crippen LogP contribution in [-0.2, 0) is 11.2 Å². The molecule has 0 amide bonds. The van der Waals surface area contributed by atoms with E-state index in [1.54, 1.807) is 6.07 Å². The highest BCUT2D eigenvalue weighted by molar-refractivity contribution is 5.88. The van der Waals surface area contributed by atoms with E-state index in [4.69, 9.17) is 0 Å². The second kappa shape index (κ2) is 4.61. The average molecular weight is 272 g/mol. The SMILES string of the molecule is CCCC1CC2Cc3cc(O)ccc3C2C(C)(C)C1=O. The first-order valence-electron chi connectivity index (χ1n) is 7.81. The minimum atomic E-state index is -0.273. The second-order valence-electron chi connectivity index (χ2n) is 7.13. The highest BCUT2D eigenvalue weighted by atomic mass is 16.3. The molecule has 0 aliphatic heterocycles. The van der Waals surface area contributed by atoms with E-state index in [0.29, 0.717) is 23.4 Å². The summed E-state index contributed by atoms with van der Waals surface area (Å²) in [7, 11) is 0. The van der Waals surface area contributed by atoms with E-state index in [9.17, 15) is 9.90 Å². The molecule has 1 fully saturated rings. The minimum absolute atomic E-state index is 0.235. The van der Waals surface area contributed by atoms with Gasteiger partial charge in [-0.25, -0.2) is 0 Å². The number of phenols is 1. The monoisotopic (exact) mass is 272 g/mol. The molecule has 2 nitrogen and oxygen atoms in total. The van der Waals surface area contributed by atoms with Gasteiger partial charge < -0.3 is 5.11 Å². The highest BCUT2D eigenvalue weighted by Gasteiger charge is 2.52. The Morgan fingerprint density at radius 3 is 2.80 bits per heavy atom. The van der Waals surface area contributed by atoms with Crippen molar-refractivity contribution < 1.29 is 9.90 Å². The first kappa shape index (κ1) is 13.7. The molecule has 3 unspecified atom stereocenters. The van der Waals surface area contributed by atoms with Crippen molar-refractivity contribution in [3.05, 3.63) is 29.3 Å². The fraction of sp³-hybridized carbons (Fsp3) is 0.611. The van der Waals surface area contributed by atoms with Crippen molar-refractivity contribution >= 4 is 5.78 Å². The summed E-state index contributed by atoms with van der Waals surface area (Å²) in [5.74, 6) is 1.92. The second-order valence-corrected chi connectivity index (χ2v) is 7.13. The van der Waals surface area contributed by atoms with Crippen molar-refractivity contribution in [3.63, 3.8) is 0 Å². The Hall–Kier alpha value is -1.31. The summed E-state index contributed by atoms with van der Waals surface area (Å²) in [6.07, 6.45) is 4.15. The number of rotatable bonds is 2. The van der Waals surface area contributed by atoms with E-state index in [0.717, 1.165) is 25.7 Å². The zero-order chi connectivity index (χ0) is 14.5. The van der Waals surface area contributed by atoms with Gasteiger partial charge in [-0.2, -0.15) is 0 Å². The predicted molar refractivity (Wildman–Crippen MR) is 79.8 cm³/mol. The van der Waals surface area contributed by atoms with Gasteiger partial charge in [0.25, 0.3) is 0 Å². The predicted octanol–water partition coefficient (Wildman–Crippen LogP) is 4.06. The van der Waals surface area contributed by atoms with Gasteiger partial charge in [-0.1, -0.05) is 33.3 Å². The molecule has 3 rings (SSSR count). The summed E-state index contributed by atoms with van der Waals surface area (Å²) in [5, 5.41) is 9.68. The largest absolute Gasteiger partial charge is 0.508 e. The van der Waals surface area contributed by atoms with Crippen LogP contribution in [0, 0.1) is 17.3 Å². The summed E-state index contributed by atoms with van der Waals surface area (Å²) < 4.78 is 0. The van der Waals surface area contributed by atoms with Crippen LogP contribution in [0.4, 0.5) is 0 Å². The number of hydrogen-bond acceptors (Lipinski definition) is 2. The zero-order valence-electron chi connectivity index (χ0n) is 12.6. The quantitative estimate of drug-likeness (QED) is 0.881. The fourth-order valence-electron chi connectivity index (χ4n) is 4.67. The van der Waals surface area contributed by atoms with Crippen LogP contribution in [0.25, 0.3) is 0 Å². The average Bonchev–Trinajstić information content (AvgIpc) is 2.74. The van der Waals surface area contributed by atoms with Gasteiger partial charge in [0.15, 0.2) is 0 Å². The molecule has 0 saturated heterocycles. The fourth-order valence-corrected chi connectivity index (χ4v) is 4.67. The standard InChI is InChI=1S/C18H24O2/c1-4-5-11-8-13-9-12-10-14(19)6-7-15(12)16(13)18(2,3)17(11)20/h6-7,10-11,13,16,19H,4-5,8-9H2,1-3H3. The van der Waals surface area contributed by atoms with Crippen LogP contribution >= 0.6 is 0 Å².